The van der Waals surface area contributed by atoms with Gasteiger partial charge in [0.2, 0.25) is 0 Å². The van der Waals surface area contributed by atoms with Gasteiger partial charge < -0.3 is 5.11 Å². The van der Waals surface area contributed by atoms with E-state index in [1.165, 1.54) is 83.5 Å². The average Bonchev–Trinajstić information content (AvgIpc) is 2.32. The van der Waals surface area contributed by atoms with E-state index in [9.17, 15) is 0 Å². The van der Waals surface area contributed by atoms with Gasteiger partial charge in [0.15, 0.2) is 0 Å². The van der Waals surface area contributed by atoms with Crippen LogP contribution in [0.25, 0.3) is 0 Å². The second-order valence-electron chi connectivity index (χ2n) is 5.84. The number of hydrogen-bond donors (Lipinski definition) is 1. The summed E-state index contributed by atoms with van der Waals surface area (Å²) < 4.78 is 0. The van der Waals surface area contributed by atoms with E-state index in [1.807, 2.05) is 0 Å². The minimum absolute atomic E-state index is 0.382. The smallest absolute Gasteiger partial charge is 0.0431 e. The summed E-state index contributed by atoms with van der Waals surface area (Å²) in [6.45, 7) is 0.382. The van der Waals surface area contributed by atoms with Crippen molar-refractivity contribution in [3.05, 3.63) is 0 Å². The van der Waals surface area contributed by atoms with Gasteiger partial charge in [-0.15, -0.1) is 0 Å². The van der Waals surface area contributed by atoms with Gasteiger partial charge in [-0.2, -0.15) is 0 Å². The van der Waals surface area contributed by atoms with E-state index >= 15 is 0 Å². The van der Waals surface area contributed by atoms with Crippen LogP contribution >= 0.6 is 0 Å². The van der Waals surface area contributed by atoms with Crippen LogP contribution in [0, 0.1) is 5.92 Å². The fourth-order valence-electron chi connectivity index (χ4n) is 3.08. The molecule has 1 N–H and O–H groups in total. The summed E-state index contributed by atoms with van der Waals surface area (Å²) in [5.74, 6) is 0.959. The molecular weight excluding hydrogens is 208 g/mol. The van der Waals surface area contributed by atoms with Crippen molar-refractivity contribution < 1.29 is 5.11 Å². The van der Waals surface area contributed by atoms with E-state index in [4.69, 9.17) is 5.11 Å². The first-order chi connectivity index (χ1) is 8.43. The fourth-order valence-corrected chi connectivity index (χ4v) is 3.08. The minimum Gasteiger partial charge on any atom is -0.396 e. The third-order valence-electron chi connectivity index (χ3n) is 4.25. The number of hydrogen-bond acceptors (Lipinski definition) is 1. The van der Waals surface area contributed by atoms with Crippen molar-refractivity contribution in [2.24, 2.45) is 5.92 Å². The van der Waals surface area contributed by atoms with Crippen molar-refractivity contribution in [1.82, 2.24) is 0 Å². The summed E-state index contributed by atoms with van der Waals surface area (Å²) in [6, 6.07) is 0. The second kappa shape index (κ2) is 11.1. The van der Waals surface area contributed by atoms with Gasteiger partial charge in [-0.1, -0.05) is 83.5 Å². The van der Waals surface area contributed by atoms with Crippen LogP contribution in [0.3, 0.4) is 0 Å². The molecule has 0 aromatic rings. The highest BCUT2D eigenvalue weighted by Gasteiger charge is 2.09. The van der Waals surface area contributed by atoms with Crippen LogP contribution in [0.4, 0.5) is 0 Å². The van der Waals surface area contributed by atoms with Gasteiger partial charge in [0.25, 0.3) is 0 Å². The Bertz CT molecular complexity index is 144. The summed E-state index contributed by atoms with van der Waals surface area (Å²) in [5.41, 5.74) is 0. The van der Waals surface area contributed by atoms with E-state index in [0.717, 1.165) is 12.3 Å². The summed E-state index contributed by atoms with van der Waals surface area (Å²) >= 11 is 0. The zero-order valence-corrected chi connectivity index (χ0v) is 11.6. The second-order valence-corrected chi connectivity index (χ2v) is 5.84. The largest absolute Gasteiger partial charge is 0.396 e. The lowest BCUT2D eigenvalue weighted by Crippen LogP contribution is -2.02. The highest BCUT2D eigenvalue weighted by atomic mass is 16.2. The molecule has 0 heterocycles. The Morgan fingerprint density at radius 1 is 0.647 bits per heavy atom. The topological polar surface area (TPSA) is 20.2 Å². The molecule has 0 atom stereocenters. The van der Waals surface area contributed by atoms with Crippen LogP contribution in [-0.4, -0.2) is 11.7 Å². The van der Waals surface area contributed by atoms with Crippen molar-refractivity contribution in [3.8, 4) is 0 Å². The molecule has 0 bridgehead atoms. The maximum absolute atomic E-state index is 8.85. The van der Waals surface area contributed by atoms with Gasteiger partial charge in [0, 0.05) is 6.61 Å². The minimum atomic E-state index is 0.382. The standard InChI is InChI=1S/C16H32O/c17-15-11-10-14-16-12-8-6-4-2-1-3-5-7-9-13-16/h16-17H,1-15H2. The number of aliphatic hydroxyl groups is 1. The molecule has 17 heavy (non-hydrogen) atoms. The van der Waals surface area contributed by atoms with E-state index in [0.29, 0.717) is 6.61 Å². The molecule has 0 aromatic heterocycles. The molecule has 0 spiro atoms. The highest BCUT2D eigenvalue weighted by molar-refractivity contribution is 4.62. The average molecular weight is 240 g/mol. The predicted molar refractivity (Wildman–Crippen MR) is 75.2 cm³/mol. The van der Waals surface area contributed by atoms with Crippen LogP contribution < -0.4 is 0 Å². The summed E-state index contributed by atoms with van der Waals surface area (Å²) in [7, 11) is 0. The van der Waals surface area contributed by atoms with Crippen molar-refractivity contribution in [1.29, 1.82) is 0 Å². The van der Waals surface area contributed by atoms with Crippen molar-refractivity contribution in [3.63, 3.8) is 0 Å². The van der Waals surface area contributed by atoms with Crippen LogP contribution in [-0.2, 0) is 0 Å². The van der Waals surface area contributed by atoms with Gasteiger partial charge in [0.1, 0.15) is 0 Å². The zero-order chi connectivity index (χ0) is 12.2. The van der Waals surface area contributed by atoms with Gasteiger partial charge in [-0.25, -0.2) is 0 Å². The molecule has 1 aliphatic rings. The van der Waals surface area contributed by atoms with Crippen LogP contribution in [0.15, 0.2) is 0 Å². The lowest BCUT2D eigenvalue weighted by molar-refractivity contribution is 0.272. The van der Waals surface area contributed by atoms with Gasteiger partial charge in [0.05, 0.1) is 0 Å². The Balaban J connectivity index is 2.17. The summed E-state index contributed by atoms with van der Waals surface area (Å²) in [5, 5.41) is 8.85. The number of unbranched alkanes of at least 4 members (excludes halogenated alkanes) is 1. The van der Waals surface area contributed by atoms with E-state index in [2.05, 4.69) is 0 Å². The molecular formula is C16H32O. The highest BCUT2D eigenvalue weighted by Crippen LogP contribution is 2.24. The molecule has 1 nitrogen and oxygen atoms in total. The molecule has 0 aromatic carbocycles. The Morgan fingerprint density at radius 3 is 1.59 bits per heavy atom. The third kappa shape index (κ3) is 8.65. The maximum atomic E-state index is 8.85. The van der Waals surface area contributed by atoms with E-state index < -0.39 is 0 Å². The van der Waals surface area contributed by atoms with Crippen LogP contribution in [0.5, 0.6) is 0 Å². The lowest BCUT2D eigenvalue weighted by atomic mass is 9.89. The third-order valence-corrected chi connectivity index (χ3v) is 4.25. The summed E-state index contributed by atoms with van der Waals surface area (Å²) in [4.78, 5) is 0. The molecule has 102 valence electrons. The lowest BCUT2D eigenvalue weighted by Gasteiger charge is -2.17. The zero-order valence-electron chi connectivity index (χ0n) is 11.6. The Morgan fingerprint density at radius 2 is 1.12 bits per heavy atom. The fraction of sp³-hybridized carbons (Fsp3) is 1.00. The Hall–Kier alpha value is -0.0400. The molecule has 0 aliphatic heterocycles. The molecule has 1 saturated carbocycles. The van der Waals surface area contributed by atoms with Gasteiger partial charge in [-0.3, -0.25) is 0 Å². The van der Waals surface area contributed by atoms with Crippen molar-refractivity contribution >= 4 is 0 Å². The molecule has 0 unspecified atom stereocenters. The first kappa shape index (κ1) is 15.0. The Kier molecular flexibility index (Phi) is 9.78. The van der Waals surface area contributed by atoms with Gasteiger partial charge >= 0.3 is 0 Å². The number of aliphatic hydroxyl groups excluding tert-OH is 1. The molecule has 0 radical (unpaired) electrons. The monoisotopic (exact) mass is 240 g/mol. The molecule has 1 heteroatoms. The summed E-state index contributed by atoms with van der Waals surface area (Å²) in [6.07, 6.45) is 19.6. The molecule has 0 saturated heterocycles. The maximum Gasteiger partial charge on any atom is 0.0431 e. The number of rotatable bonds is 4. The predicted octanol–water partition coefficient (Wildman–Crippen LogP) is 5.07. The first-order valence-corrected chi connectivity index (χ1v) is 8.04. The van der Waals surface area contributed by atoms with E-state index in [-0.39, 0.29) is 0 Å². The van der Waals surface area contributed by atoms with Crippen molar-refractivity contribution in [2.45, 2.75) is 89.9 Å². The molecule has 1 aliphatic carbocycles. The quantitative estimate of drug-likeness (QED) is 0.680. The first-order valence-electron chi connectivity index (χ1n) is 8.04. The van der Waals surface area contributed by atoms with Crippen molar-refractivity contribution in [2.75, 3.05) is 6.61 Å². The SMILES string of the molecule is OCCCCC1CCCCCCCCCCC1. The Labute approximate surface area is 108 Å². The van der Waals surface area contributed by atoms with Crippen LogP contribution in [0.2, 0.25) is 0 Å². The molecule has 0 amide bonds. The van der Waals surface area contributed by atoms with Gasteiger partial charge in [-0.05, 0) is 12.3 Å². The van der Waals surface area contributed by atoms with E-state index in [1.54, 1.807) is 0 Å². The normalized spacial score (nSPS) is 21.7. The molecule has 1 fully saturated rings. The molecule has 1 rings (SSSR count). The van der Waals surface area contributed by atoms with Crippen LogP contribution in [0.1, 0.15) is 89.9 Å².